The van der Waals surface area contributed by atoms with Crippen molar-refractivity contribution in [2.45, 2.75) is 159 Å². The number of benzene rings is 1. The van der Waals surface area contributed by atoms with E-state index in [1.54, 1.807) is 44.3 Å². The van der Waals surface area contributed by atoms with E-state index in [4.69, 9.17) is 17.2 Å². The molecule has 0 aliphatic carbocycles. The van der Waals surface area contributed by atoms with Gasteiger partial charge in [-0.1, -0.05) is 45.9 Å². The van der Waals surface area contributed by atoms with Crippen LogP contribution >= 0.6 is 12.6 Å². The van der Waals surface area contributed by atoms with Gasteiger partial charge in [0.25, 0.3) is 0 Å². The summed E-state index contributed by atoms with van der Waals surface area (Å²) in [6, 6.07) is -8.99. The van der Waals surface area contributed by atoms with E-state index in [0.717, 1.165) is 6.92 Å². The number of amides is 12. The summed E-state index contributed by atoms with van der Waals surface area (Å²) in [7, 11) is 0. The molecule has 0 spiro atoms. The number of hydrogen-bond donors (Lipinski definition) is 19. The minimum Gasteiger partial charge on any atom is -0.481 e. The number of carboxylic acids is 2. The van der Waals surface area contributed by atoms with Gasteiger partial charge >= 0.3 is 11.9 Å². The Morgan fingerprint density at radius 2 is 0.988 bits per heavy atom. The van der Waals surface area contributed by atoms with Gasteiger partial charge in [0, 0.05) is 48.5 Å². The molecule has 2 rings (SSSR count). The molecule has 33 heteroatoms. The normalized spacial score (nSPS) is 15.1. The molecule has 2 aromatic rings. The number of aliphatic hydroxyl groups excluding tert-OH is 2. The molecule has 472 valence electrons. The molecular weight excluding hydrogens is 1140 g/mol. The van der Waals surface area contributed by atoms with Crippen LogP contribution in [-0.4, -0.2) is 194 Å². The maximum atomic E-state index is 14.2. The van der Waals surface area contributed by atoms with Crippen molar-refractivity contribution in [1.82, 2.24) is 58.2 Å². The molecule has 85 heavy (non-hydrogen) atoms. The number of carboxylic acid groups (broad SMARTS) is 2. The topological polar surface area (TPSA) is 534 Å². The van der Waals surface area contributed by atoms with Gasteiger partial charge in [-0.05, 0) is 63.0 Å². The van der Waals surface area contributed by atoms with Gasteiger partial charge in [-0.25, -0.2) is 4.79 Å². The summed E-state index contributed by atoms with van der Waals surface area (Å²) < 4.78 is 0. The predicted octanol–water partition coefficient (Wildman–Crippen LogP) is -5.98. The first kappa shape index (κ1) is 72.7. The van der Waals surface area contributed by atoms with Gasteiger partial charge in [0.1, 0.15) is 60.4 Å². The monoisotopic (exact) mass is 1220 g/mol. The number of fused-ring (bicyclic) bond motifs is 1. The first-order valence-corrected chi connectivity index (χ1v) is 27.7. The van der Waals surface area contributed by atoms with Crippen molar-refractivity contribution in [2.24, 2.45) is 29.0 Å². The number of nitrogens with one attached hydrogen (secondary N) is 11. The van der Waals surface area contributed by atoms with E-state index in [1.165, 1.54) is 20.8 Å². The third-order valence-corrected chi connectivity index (χ3v) is 13.2. The number of aliphatic hydroxyl groups is 2. The summed E-state index contributed by atoms with van der Waals surface area (Å²) in [6.45, 7) is 7.02. The van der Waals surface area contributed by atoms with E-state index < -0.39 is 193 Å². The maximum Gasteiger partial charge on any atom is 0.326 e. The van der Waals surface area contributed by atoms with E-state index in [0.29, 0.717) is 16.5 Å². The van der Waals surface area contributed by atoms with Crippen molar-refractivity contribution in [3.63, 3.8) is 0 Å². The molecule has 1 aromatic carbocycles. The third kappa shape index (κ3) is 24.7. The molecule has 32 nitrogen and oxygen atoms in total. The quantitative estimate of drug-likeness (QED) is 0.0278. The zero-order valence-electron chi connectivity index (χ0n) is 47.9. The van der Waals surface area contributed by atoms with Gasteiger partial charge < -0.3 is 95.8 Å². The lowest BCUT2D eigenvalue weighted by molar-refractivity contribution is -0.143. The van der Waals surface area contributed by atoms with E-state index in [-0.39, 0.29) is 38.0 Å². The van der Waals surface area contributed by atoms with Crippen LogP contribution in [0.3, 0.4) is 0 Å². The number of aliphatic carboxylic acids is 2. The molecule has 0 aliphatic heterocycles. The number of rotatable bonds is 38. The van der Waals surface area contributed by atoms with Gasteiger partial charge in [-0.3, -0.25) is 62.3 Å². The molecule has 0 radical (unpaired) electrons. The maximum absolute atomic E-state index is 14.2. The fourth-order valence-electron chi connectivity index (χ4n) is 8.18. The Labute approximate surface area is 493 Å². The van der Waals surface area contributed by atoms with Gasteiger partial charge in [-0.15, -0.1) is 0 Å². The second-order valence-corrected chi connectivity index (χ2v) is 21.1. The number of aromatic amines is 1. The lowest BCUT2D eigenvalue weighted by Gasteiger charge is -2.28. The highest BCUT2D eigenvalue weighted by atomic mass is 32.1. The number of carbonyl (C=O) groups is 14. The van der Waals surface area contributed by atoms with E-state index in [1.807, 2.05) is 0 Å². The molecule has 1 aromatic heterocycles. The van der Waals surface area contributed by atoms with Crippen LogP contribution in [0.4, 0.5) is 0 Å². The Hall–Kier alpha value is -8.43. The molecule has 0 bridgehead atoms. The molecule has 0 saturated heterocycles. The van der Waals surface area contributed by atoms with Crippen LogP contribution in [0, 0.1) is 11.8 Å². The van der Waals surface area contributed by atoms with E-state index in [2.05, 4.69) is 70.8 Å². The Morgan fingerprint density at radius 3 is 1.49 bits per heavy atom. The third-order valence-electron chi connectivity index (χ3n) is 12.9. The number of carbonyl (C=O) groups excluding carboxylic acids is 12. The zero-order chi connectivity index (χ0) is 64.4. The Bertz CT molecular complexity index is 2720. The predicted molar refractivity (Wildman–Crippen MR) is 304 cm³/mol. The summed E-state index contributed by atoms with van der Waals surface area (Å²) >= 11 is 4.25. The minimum atomic E-state index is -1.91. The highest BCUT2D eigenvalue weighted by Gasteiger charge is 2.37. The molecular formula is C52H80N14O18S. The fourth-order valence-corrected chi connectivity index (χ4v) is 8.43. The molecule has 0 saturated carbocycles. The summed E-state index contributed by atoms with van der Waals surface area (Å²) in [4.78, 5) is 185. The van der Waals surface area contributed by atoms with Crippen LogP contribution < -0.4 is 70.4 Å². The number of primary amides is 2. The van der Waals surface area contributed by atoms with Gasteiger partial charge in [-0.2, -0.15) is 12.6 Å². The highest BCUT2D eigenvalue weighted by Crippen LogP contribution is 2.20. The Morgan fingerprint density at radius 1 is 0.541 bits per heavy atom. The van der Waals surface area contributed by atoms with Crippen molar-refractivity contribution in [1.29, 1.82) is 0 Å². The van der Waals surface area contributed by atoms with Gasteiger partial charge in [0.2, 0.25) is 70.9 Å². The van der Waals surface area contributed by atoms with Crippen LogP contribution in [0.5, 0.6) is 0 Å². The van der Waals surface area contributed by atoms with Crippen LogP contribution in [0.25, 0.3) is 10.9 Å². The second kappa shape index (κ2) is 35.6. The molecule has 0 fully saturated rings. The van der Waals surface area contributed by atoms with E-state index in [9.17, 15) is 87.5 Å². The van der Waals surface area contributed by atoms with Crippen molar-refractivity contribution >= 4 is 106 Å². The summed E-state index contributed by atoms with van der Waals surface area (Å²) in [5.74, 6) is -16.1. The Kier molecular flexibility index (Phi) is 30.5. The first-order chi connectivity index (χ1) is 39.8. The summed E-state index contributed by atoms with van der Waals surface area (Å²) in [5, 5.41) is 63.8. The van der Waals surface area contributed by atoms with Crippen LogP contribution in [0.2, 0.25) is 0 Å². The van der Waals surface area contributed by atoms with Crippen LogP contribution in [0.1, 0.15) is 92.1 Å². The molecule has 11 atom stereocenters. The Balaban J connectivity index is 2.36. The van der Waals surface area contributed by atoms with Crippen molar-refractivity contribution in [2.75, 3.05) is 18.9 Å². The number of aromatic nitrogens is 1. The molecule has 0 aliphatic rings. The average molecular weight is 1220 g/mol. The van der Waals surface area contributed by atoms with E-state index >= 15 is 0 Å². The van der Waals surface area contributed by atoms with Crippen molar-refractivity contribution < 1.29 is 87.5 Å². The summed E-state index contributed by atoms with van der Waals surface area (Å²) in [6.07, 6.45) is -3.12. The van der Waals surface area contributed by atoms with Crippen LogP contribution in [0.15, 0.2) is 30.5 Å². The van der Waals surface area contributed by atoms with Gasteiger partial charge in [0.15, 0.2) is 0 Å². The van der Waals surface area contributed by atoms with Crippen molar-refractivity contribution in [3.8, 4) is 0 Å². The van der Waals surface area contributed by atoms with Gasteiger partial charge in [0.05, 0.1) is 19.3 Å². The second-order valence-electron chi connectivity index (χ2n) is 20.7. The number of nitrogens with two attached hydrogens (primary N) is 3. The smallest absolute Gasteiger partial charge is 0.326 e. The minimum absolute atomic E-state index is 0.0270. The first-order valence-electron chi connectivity index (χ1n) is 27.0. The highest BCUT2D eigenvalue weighted by molar-refractivity contribution is 7.80. The number of thiol groups is 1. The lowest BCUT2D eigenvalue weighted by atomic mass is 10.0. The number of hydrogen-bond acceptors (Lipinski definition) is 18. The fraction of sp³-hybridized carbons (Fsp3) is 0.577. The van der Waals surface area contributed by atoms with Crippen molar-refractivity contribution in [3.05, 3.63) is 36.0 Å². The van der Waals surface area contributed by atoms with Crippen LogP contribution in [-0.2, 0) is 73.5 Å². The lowest BCUT2D eigenvalue weighted by Crippen LogP contribution is -2.62. The number of para-hydroxylation sites is 1. The zero-order valence-corrected chi connectivity index (χ0v) is 48.7. The SMILES string of the molecule is CC(C)C[C@H](NC(=O)[C@H](CCC(=O)O)NC(=O)[C@@H](NC(=O)[C@H](CO)NC(=O)[C@H](C)NC(=O)[C@H](Cc1c[nH]c2ccccc12)NC(=O)[C@H](CS)NC(=O)[C@@H](NC(=O)[C@H](CCC(N)=O)NC(=O)[C@H](CCC(N)=O)NC(=O)CN)C(C)C)[C@@H](C)O)C(=O)O. The summed E-state index contributed by atoms with van der Waals surface area (Å²) in [5.41, 5.74) is 17.1. The molecule has 1 heterocycles. The molecule has 12 amide bonds. The standard InChI is InChI=1S/C52H80N14O18S/c1-23(2)17-34(52(83)84)62-45(76)32(13-16-40(72)73)60-51(82)42(26(6)68)66-48(79)35(21-67)63-43(74)25(5)57-47(78)33(18-27-20-56-29-10-8-7-9-28(27)29)61-49(80)36(22-85)64-50(81)41(24(3)4)65-46(77)31(12-15-38(55)70)59-44(75)30(11-14-37(54)69)58-39(71)19-53/h7-10,20,23-26,30-36,41-42,56,67-68,85H,11-19,21-22,53H2,1-6H3,(H2,54,69)(H2,55,70)(H,57,78)(H,58,71)(H,59,75)(H,60,82)(H,61,80)(H,62,76)(H,63,74)(H,64,81)(H,65,77)(H,66,79)(H,72,73)(H,83,84)/t25-,26+,30-,31-,32-,33-,34-,35-,36-,41-,42-/m0/s1. The largest absolute Gasteiger partial charge is 0.481 e. The average Bonchev–Trinajstić information content (AvgIpc) is 3.10. The molecule has 0 unspecified atom stereocenters. The number of H-pyrrole nitrogens is 1. The molecule has 21 N–H and O–H groups in total.